The SMILES string of the molecule is CC(=O)SC[C@@H](Cc1ccccc1)C(Cc1cccc([C@H](Cc2ccccc2)CN(C)C)c1)NC(N)=O. The highest BCUT2D eigenvalue weighted by atomic mass is 32.2. The first-order valence-corrected chi connectivity index (χ1v) is 13.8. The molecule has 3 atom stereocenters. The van der Waals surface area contributed by atoms with E-state index in [1.165, 1.54) is 28.5 Å². The molecule has 3 aromatic rings. The first kappa shape index (κ1) is 28.5. The largest absolute Gasteiger partial charge is 0.352 e. The lowest BCUT2D eigenvalue weighted by Crippen LogP contribution is -2.46. The number of benzene rings is 3. The van der Waals surface area contributed by atoms with Crippen LogP contribution in [0.4, 0.5) is 4.79 Å². The zero-order valence-corrected chi connectivity index (χ0v) is 22.9. The Labute approximate surface area is 225 Å². The van der Waals surface area contributed by atoms with Crippen LogP contribution in [0.3, 0.4) is 0 Å². The normalized spacial score (nSPS) is 13.6. The molecule has 0 aliphatic heterocycles. The molecule has 0 fully saturated rings. The van der Waals surface area contributed by atoms with Gasteiger partial charge in [0.2, 0.25) is 0 Å². The molecule has 0 heterocycles. The maximum Gasteiger partial charge on any atom is 0.312 e. The summed E-state index contributed by atoms with van der Waals surface area (Å²) >= 11 is 1.30. The number of carbonyl (C=O) groups excluding carboxylic acids is 2. The Hall–Kier alpha value is -3.09. The van der Waals surface area contributed by atoms with Crippen molar-refractivity contribution in [3.05, 3.63) is 107 Å². The van der Waals surface area contributed by atoms with Gasteiger partial charge in [0.15, 0.2) is 5.12 Å². The highest BCUT2D eigenvalue weighted by Gasteiger charge is 2.25. The van der Waals surface area contributed by atoms with Crippen LogP contribution in [0.15, 0.2) is 84.9 Å². The summed E-state index contributed by atoms with van der Waals surface area (Å²) in [5.41, 5.74) is 10.6. The smallest absolute Gasteiger partial charge is 0.312 e. The van der Waals surface area contributed by atoms with Gasteiger partial charge >= 0.3 is 6.03 Å². The minimum atomic E-state index is -0.540. The summed E-state index contributed by atoms with van der Waals surface area (Å²) in [6, 6.07) is 28.7. The van der Waals surface area contributed by atoms with E-state index < -0.39 is 6.03 Å². The topological polar surface area (TPSA) is 75.4 Å². The third kappa shape index (κ3) is 10.1. The first-order chi connectivity index (χ1) is 17.8. The predicted octanol–water partition coefficient (Wildman–Crippen LogP) is 5.29. The number of nitrogens with one attached hydrogen (secondary N) is 1. The zero-order valence-electron chi connectivity index (χ0n) is 22.1. The van der Waals surface area contributed by atoms with Crippen LogP contribution in [-0.4, -0.2) is 48.5 Å². The summed E-state index contributed by atoms with van der Waals surface area (Å²) in [7, 11) is 4.21. The van der Waals surface area contributed by atoms with Gasteiger partial charge in [0.05, 0.1) is 0 Å². The van der Waals surface area contributed by atoms with Crippen molar-refractivity contribution in [2.45, 2.75) is 38.1 Å². The van der Waals surface area contributed by atoms with E-state index in [4.69, 9.17) is 5.73 Å². The molecule has 0 spiro atoms. The van der Waals surface area contributed by atoms with E-state index in [9.17, 15) is 9.59 Å². The van der Waals surface area contributed by atoms with E-state index in [0.29, 0.717) is 18.1 Å². The summed E-state index contributed by atoms with van der Waals surface area (Å²) in [5, 5.41) is 3.07. The summed E-state index contributed by atoms with van der Waals surface area (Å²) in [6.07, 6.45) is 2.35. The molecule has 0 radical (unpaired) electrons. The number of likely N-dealkylation sites (N-methyl/N-ethyl adjacent to an activating group) is 1. The minimum Gasteiger partial charge on any atom is -0.352 e. The second-order valence-corrected chi connectivity index (χ2v) is 11.2. The number of hydrogen-bond acceptors (Lipinski definition) is 4. The fourth-order valence-electron chi connectivity index (χ4n) is 4.83. The van der Waals surface area contributed by atoms with Gasteiger partial charge < -0.3 is 16.0 Å². The number of primary amides is 1. The molecule has 196 valence electrons. The summed E-state index contributed by atoms with van der Waals surface area (Å²) in [5.74, 6) is 1.01. The van der Waals surface area contributed by atoms with Gasteiger partial charge in [-0.05, 0) is 61.5 Å². The summed E-state index contributed by atoms with van der Waals surface area (Å²) in [6.45, 7) is 2.52. The van der Waals surface area contributed by atoms with Gasteiger partial charge in [0, 0.05) is 31.2 Å². The van der Waals surface area contributed by atoms with Gasteiger partial charge in [-0.15, -0.1) is 0 Å². The van der Waals surface area contributed by atoms with Gasteiger partial charge in [-0.3, -0.25) is 4.79 Å². The van der Waals surface area contributed by atoms with Crippen LogP contribution < -0.4 is 11.1 Å². The predicted molar refractivity (Wildman–Crippen MR) is 155 cm³/mol. The van der Waals surface area contributed by atoms with Crippen molar-refractivity contribution in [3.63, 3.8) is 0 Å². The molecule has 1 unspecified atom stereocenters. The second-order valence-electron chi connectivity index (χ2n) is 9.97. The van der Waals surface area contributed by atoms with Gasteiger partial charge in [-0.2, -0.15) is 0 Å². The van der Waals surface area contributed by atoms with E-state index in [2.05, 4.69) is 85.0 Å². The van der Waals surface area contributed by atoms with Crippen molar-refractivity contribution in [3.8, 4) is 0 Å². The van der Waals surface area contributed by atoms with Gasteiger partial charge in [0.25, 0.3) is 0 Å². The Morgan fingerprint density at radius 2 is 1.43 bits per heavy atom. The van der Waals surface area contributed by atoms with E-state index in [1.54, 1.807) is 6.92 Å². The Kier molecular flexibility index (Phi) is 11.2. The van der Waals surface area contributed by atoms with Crippen LogP contribution in [0.1, 0.15) is 35.1 Å². The number of hydrogen-bond donors (Lipinski definition) is 2. The molecule has 5 nitrogen and oxygen atoms in total. The van der Waals surface area contributed by atoms with Crippen LogP contribution in [0.2, 0.25) is 0 Å². The lowest BCUT2D eigenvalue weighted by Gasteiger charge is -2.28. The number of rotatable bonds is 13. The highest BCUT2D eigenvalue weighted by Crippen LogP contribution is 2.26. The Bertz CT molecular complexity index is 1120. The van der Waals surface area contributed by atoms with Crippen molar-refractivity contribution in [2.75, 3.05) is 26.4 Å². The molecular weight excluding hydrogens is 478 g/mol. The molecule has 0 saturated heterocycles. The van der Waals surface area contributed by atoms with E-state index in [-0.39, 0.29) is 17.1 Å². The lowest BCUT2D eigenvalue weighted by atomic mass is 9.87. The fraction of sp³-hybridized carbons (Fsp3) is 0.355. The average Bonchev–Trinajstić information content (AvgIpc) is 2.86. The molecule has 0 aromatic heterocycles. The van der Waals surface area contributed by atoms with E-state index >= 15 is 0 Å². The van der Waals surface area contributed by atoms with E-state index in [1.807, 2.05) is 24.3 Å². The maximum atomic E-state index is 12.0. The molecular formula is C31H39N3O2S. The van der Waals surface area contributed by atoms with Crippen molar-refractivity contribution < 1.29 is 9.59 Å². The van der Waals surface area contributed by atoms with Crippen LogP contribution in [0.5, 0.6) is 0 Å². The maximum absolute atomic E-state index is 12.0. The fourth-order valence-corrected chi connectivity index (χ4v) is 5.63. The summed E-state index contributed by atoms with van der Waals surface area (Å²) < 4.78 is 0. The highest BCUT2D eigenvalue weighted by molar-refractivity contribution is 8.13. The third-order valence-electron chi connectivity index (χ3n) is 6.53. The Balaban J connectivity index is 1.86. The van der Waals surface area contributed by atoms with Crippen molar-refractivity contribution in [2.24, 2.45) is 11.7 Å². The lowest BCUT2D eigenvalue weighted by molar-refractivity contribution is -0.109. The molecule has 3 rings (SSSR count). The Morgan fingerprint density at radius 3 is 2.00 bits per heavy atom. The van der Waals surface area contributed by atoms with Gasteiger partial charge in [0.1, 0.15) is 0 Å². The van der Waals surface area contributed by atoms with Crippen molar-refractivity contribution in [1.82, 2.24) is 10.2 Å². The Morgan fingerprint density at radius 1 is 0.838 bits per heavy atom. The van der Waals surface area contributed by atoms with Crippen LogP contribution in [0, 0.1) is 5.92 Å². The molecule has 37 heavy (non-hydrogen) atoms. The monoisotopic (exact) mass is 517 g/mol. The van der Waals surface area contributed by atoms with Gasteiger partial charge in [-0.1, -0.05) is 96.7 Å². The quantitative estimate of drug-likeness (QED) is 0.323. The zero-order chi connectivity index (χ0) is 26.6. The average molecular weight is 518 g/mol. The van der Waals surface area contributed by atoms with Crippen LogP contribution >= 0.6 is 11.8 Å². The number of nitrogens with zero attached hydrogens (tertiary/aromatic N) is 1. The number of thioether (sulfide) groups is 1. The van der Waals surface area contributed by atoms with Crippen molar-refractivity contribution in [1.29, 1.82) is 0 Å². The molecule has 2 amide bonds. The minimum absolute atomic E-state index is 0.0503. The summed E-state index contributed by atoms with van der Waals surface area (Å²) in [4.78, 5) is 26.1. The van der Waals surface area contributed by atoms with E-state index in [0.717, 1.165) is 24.9 Å². The first-order valence-electron chi connectivity index (χ1n) is 12.8. The molecule has 0 aliphatic rings. The van der Waals surface area contributed by atoms with Crippen LogP contribution in [0.25, 0.3) is 0 Å². The van der Waals surface area contributed by atoms with Gasteiger partial charge in [-0.25, -0.2) is 4.79 Å². The van der Waals surface area contributed by atoms with Crippen molar-refractivity contribution >= 4 is 22.9 Å². The second kappa shape index (κ2) is 14.6. The molecule has 0 aliphatic carbocycles. The third-order valence-corrected chi connectivity index (χ3v) is 7.53. The number of carbonyl (C=O) groups is 2. The molecule has 3 aromatic carbocycles. The van der Waals surface area contributed by atoms with Crippen LogP contribution in [-0.2, 0) is 24.1 Å². The number of nitrogens with two attached hydrogens (primary N) is 1. The molecule has 6 heteroatoms. The standard InChI is InChI=1S/C31H39N3O2S/c1-23(35)37-22-29(18-25-13-8-5-9-14-25)30(33-31(32)36)20-26-15-10-16-27(19-26)28(21-34(2)3)17-24-11-6-4-7-12-24/h4-16,19,28-30H,17-18,20-22H2,1-3H3,(H3,32,33,36)/t28-,29-,30?/m1/s1. The number of amides is 2. The molecule has 0 saturated carbocycles. The number of urea groups is 1. The molecule has 3 N–H and O–H groups in total. The molecule has 0 bridgehead atoms.